The molecule has 2 heterocycles. The van der Waals surface area contributed by atoms with E-state index in [1.807, 2.05) is 43.8 Å². The van der Waals surface area contributed by atoms with Crippen molar-refractivity contribution in [3.63, 3.8) is 0 Å². The number of aromatic nitrogens is 2. The summed E-state index contributed by atoms with van der Waals surface area (Å²) in [6.45, 7) is 6.53. The van der Waals surface area contributed by atoms with Gasteiger partial charge >= 0.3 is 0 Å². The second-order valence-electron chi connectivity index (χ2n) is 7.80. The topological polar surface area (TPSA) is 78.9 Å². The van der Waals surface area contributed by atoms with E-state index in [9.17, 15) is 9.59 Å². The second kappa shape index (κ2) is 9.82. The van der Waals surface area contributed by atoms with E-state index in [4.69, 9.17) is 14.7 Å². The number of likely N-dealkylation sites (tertiary alicyclic amines) is 1. The van der Waals surface area contributed by atoms with Crippen LogP contribution in [-0.4, -0.2) is 72.0 Å². The Morgan fingerprint density at radius 3 is 2.57 bits per heavy atom. The lowest BCUT2D eigenvalue weighted by Crippen LogP contribution is -2.41. The summed E-state index contributed by atoms with van der Waals surface area (Å²) in [6, 6.07) is 1.72. The first kappa shape index (κ1) is 22.1. The molecule has 28 heavy (non-hydrogen) atoms. The van der Waals surface area contributed by atoms with E-state index in [0.717, 1.165) is 30.8 Å². The predicted molar refractivity (Wildman–Crippen MR) is 108 cm³/mol. The minimum Gasteiger partial charge on any atom is -0.369 e. The van der Waals surface area contributed by atoms with Crippen LogP contribution in [-0.2, 0) is 20.9 Å². The van der Waals surface area contributed by atoms with E-state index in [0.29, 0.717) is 18.9 Å². The molecule has 1 aliphatic heterocycles. The van der Waals surface area contributed by atoms with Gasteiger partial charge < -0.3 is 19.4 Å². The van der Waals surface area contributed by atoms with Crippen molar-refractivity contribution < 1.29 is 14.3 Å². The van der Waals surface area contributed by atoms with E-state index in [1.165, 1.54) is 6.92 Å². The highest BCUT2D eigenvalue weighted by Crippen LogP contribution is 2.30. The lowest BCUT2D eigenvalue weighted by molar-refractivity contribution is -0.141. The maximum atomic E-state index is 12.7. The van der Waals surface area contributed by atoms with E-state index in [1.54, 1.807) is 11.9 Å². The van der Waals surface area contributed by atoms with Crippen LogP contribution in [0.3, 0.4) is 0 Å². The lowest BCUT2D eigenvalue weighted by atomic mass is 10.0. The summed E-state index contributed by atoms with van der Waals surface area (Å²) in [4.78, 5) is 39.2. The Balaban J connectivity index is 2.32. The molecule has 0 bridgehead atoms. The summed E-state index contributed by atoms with van der Waals surface area (Å²) in [5.41, 5.74) is 0.766. The molecule has 0 unspecified atom stereocenters. The van der Waals surface area contributed by atoms with Gasteiger partial charge in [-0.05, 0) is 33.1 Å². The van der Waals surface area contributed by atoms with Crippen molar-refractivity contribution in [1.29, 1.82) is 0 Å². The van der Waals surface area contributed by atoms with Crippen LogP contribution in [0.15, 0.2) is 6.07 Å². The van der Waals surface area contributed by atoms with Gasteiger partial charge in [0.05, 0.1) is 24.4 Å². The summed E-state index contributed by atoms with van der Waals surface area (Å²) < 4.78 is 5.52. The molecule has 1 fully saturated rings. The molecule has 2 amide bonds. The highest BCUT2D eigenvalue weighted by molar-refractivity contribution is 5.78. The molecule has 0 radical (unpaired) electrons. The van der Waals surface area contributed by atoms with Crippen LogP contribution < -0.4 is 4.90 Å². The number of hydrogen-bond acceptors (Lipinski definition) is 6. The van der Waals surface area contributed by atoms with Crippen LogP contribution in [0.1, 0.15) is 57.6 Å². The van der Waals surface area contributed by atoms with Gasteiger partial charge in [0.1, 0.15) is 12.4 Å². The standard InChI is InChI=1S/C20H33N5O3/c1-14(2)28-13-19(27)25-10-8-7-9-17(25)20-21-16(12-24(6)15(3)26)11-18(22-20)23(4)5/h11,14,17H,7-10,12-13H2,1-6H3/t17-/m0/s1. The molecule has 0 N–H and O–H groups in total. The molecule has 1 aromatic heterocycles. The highest BCUT2D eigenvalue weighted by Gasteiger charge is 2.31. The Hall–Kier alpha value is -2.22. The van der Waals surface area contributed by atoms with Crippen molar-refractivity contribution in [2.45, 2.75) is 58.7 Å². The summed E-state index contributed by atoms with van der Waals surface area (Å²) in [6.07, 6.45) is 2.83. The zero-order valence-corrected chi connectivity index (χ0v) is 17.9. The first-order valence-electron chi connectivity index (χ1n) is 9.87. The van der Waals surface area contributed by atoms with Crippen molar-refractivity contribution in [3.8, 4) is 0 Å². The number of ether oxygens (including phenoxy) is 1. The molecule has 8 heteroatoms. The Labute approximate surface area is 167 Å². The summed E-state index contributed by atoms with van der Waals surface area (Å²) in [7, 11) is 5.59. The van der Waals surface area contributed by atoms with Crippen molar-refractivity contribution in [1.82, 2.24) is 19.8 Å². The Morgan fingerprint density at radius 1 is 1.25 bits per heavy atom. The van der Waals surface area contributed by atoms with Gasteiger partial charge in [0.2, 0.25) is 11.8 Å². The number of anilines is 1. The average molecular weight is 392 g/mol. The van der Waals surface area contributed by atoms with Gasteiger partial charge in [-0.2, -0.15) is 0 Å². The molecule has 0 spiro atoms. The van der Waals surface area contributed by atoms with Crippen LogP contribution in [0, 0.1) is 0 Å². The second-order valence-corrected chi connectivity index (χ2v) is 7.80. The molecule has 0 aliphatic carbocycles. The van der Waals surface area contributed by atoms with E-state index in [2.05, 4.69) is 0 Å². The zero-order chi connectivity index (χ0) is 20.8. The van der Waals surface area contributed by atoms with Gasteiger partial charge in [-0.3, -0.25) is 9.59 Å². The number of nitrogens with zero attached hydrogens (tertiary/aromatic N) is 5. The lowest BCUT2D eigenvalue weighted by Gasteiger charge is -2.35. The maximum absolute atomic E-state index is 12.7. The minimum absolute atomic E-state index is 0.00855. The van der Waals surface area contributed by atoms with Crippen LogP contribution in [0.4, 0.5) is 5.82 Å². The van der Waals surface area contributed by atoms with E-state index in [-0.39, 0.29) is 30.6 Å². The van der Waals surface area contributed by atoms with Gasteiger partial charge in [0, 0.05) is 40.7 Å². The fourth-order valence-corrected chi connectivity index (χ4v) is 3.14. The van der Waals surface area contributed by atoms with Crippen molar-refractivity contribution in [3.05, 3.63) is 17.6 Å². The number of carbonyl (C=O) groups is 2. The summed E-state index contributed by atoms with van der Waals surface area (Å²) in [5, 5.41) is 0. The molecule has 8 nitrogen and oxygen atoms in total. The third kappa shape index (κ3) is 5.89. The third-order valence-electron chi connectivity index (χ3n) is 4.84. The molecular weight excluding hydrogens is 358 g/mol. The van der Waals surface area contributed by atoms with Crippen LogP contribution in [0.2, 0.25) is 0 Å². The van der Waals surface area contributed by atoms with Crippen molar-refractivity contribution in [2.24, 2.45) is 0 Å². The molecule has 0 aromatic carbocycles. The summed E-state index contributed by atoms with van der Waals surface area (Å²) >= 11 is 0. The quantitative estimate of drug-likeness (QED) is 0.707. The van der Waals surface area contributed by atoms with Gasteiger partial charge in [0.15, 0.2) is 5.82 Å². The summed E-state index contributed by atoms with van der Waals surface area (Å²) in [5.74, 6) is 1.36. The number of piperidine rings is 1. The Kier molecular flexibility index (Phi) is 7.74. The third-order valence-corrected chi connectivity index (χ3v) is 4.84. The smallest absolute Gasteiger partial charge is 0.249 e. The molecule has 0 saturated carbocycles. The molecule has 1 saturated heterocycles. The monoisotopic (exact) mass is 391 g/mol. The Bertz CT molecular complexity index is 692. The predicted octanol–water partition coefficient (Wildman–Crippen LogP) is 2.00. The van der Waals surface area contributed by atoms with Crippen LogP contribution in [0.5, 0.6) is 0 Å². The first-order valence-corrected chi connectivity index (χ1v) is 9.87. The SMILES string of the molecule is CC(=O)N(C)Cc1cc(N(C)C)nc([C@@H]2CCCCN2C(=O)COC(C)C)n1. The highest BCUT2D eigenvalue weighted by atomic mass is 16.5. The molecule has 1 atom stereocenters. The zero-order valence-electron chi connectivity index (χ0n) is 17.9. The average Bonchev–Trinajstić information content (AvgIpc) is 2.65. The molecule has 1 aliphatic rings. The van der Waals surface area contributed by atoms with Gasteiger partial charge in [0.25, 0.3) is 0 Å². The molecule has 2 rings (SSSR count). The largest absolute Gasteiger partial charge is 0.369 e. The van der Waals surface area contributed by atoms with E-state index < -0.39 is 0 Å². The Morgan fingerprint density at radius 2 is 1.96 bits per heavy atom. The first-order chi connectivity index (χ1) is 13.2. The van der Waals surface area contributed by atoms with Gasteiger partial charge in [-0.1, -0.05) is 0 Å². The molecular formula is C20H33N5O3. The van der Waals surface area contributed by atoms with Gasteiger partial charge in [-0.25, -0.2) is 9.97 Å². The number of rotatable bonds is 7. The minimum atomic E-state index is -0.168. The fraction of sp³-hybridized carbons (Fsp3) is 0.700. The maximum Gasteiger partial charge on any atom is 0.249 e. The number of hydrogen-bond donors (Lipinski definition) is 0. The van der Waals surface area contributed by atoms with Crippen LogP contribution >= 0.6 is 0 Å². The fourth-order valence-electron chi connectivity index (χ4n) is 3.14. The number of carbonyl (C=O) groups excluding carboxylic acids is 2. The van der Waals surface area contributed by atoms with E-state index >= 15 is 0 Å². The number of amides is 2. The van der Waals surface area contributed by atoms with Crippen molar-refractivity contribution in [2.75, 3.05) is 39.2 Å². The molecule has 156 valence electrons. The molecule has 1 aromatic rings. The van der Waals surface area contributed by atoms with Crippen LogP contribution in [0.25, 0.3) is 0 Å². The van der Waals surface area contributed by atoms with Crippen molar-refractivity contribution >= 4 is 17.6 Å². The van der Waals surface area contributed by atoms with Gasteiger partial charge in [-0.15, -0.1) is 0 Å². The normalized spacial score (nSPS) is 17.0.